The summed E-state index contributed by atoms with van der Waals surface area (Å²) in [6.07, 6.45) is -4.66. The lowest BCUT2D eigenvalue weighted by molar-refractivity contribution is -0.147. The van der Waals surface area contributed by atoms with E-state index in [-0.39, 0.29) is 29.6 Å². The maximum atomic E-state index is 13.0. The first-order valence-electron chi connectivity index (χ1n) is 7.85. The second-order valence-corrected chi connectivity index (χ2v) is 7.73. The van der Waals surface area contributed by atoms with Crippen molar-refractivity contribution in [1.82, 2.24) is 19.1 Å². The minimum atomic E-state index is -4.66. The molecule has 0 fully saturated rings. The Bertz CT molecular complexity index is 958. The third-order valence-corrected chi connectivity index (χ3v) is 6.31. The smallest absolute Gasteiger partial charge is 0.451 e. The molecule has 3 rings (SSSR count). The van der Waals surface area contributed by atoms with E-state index in [9.17, 15) is 21.6 Å². The molecule has 0 spiro atoms. The SMILES string of the molecule is COc1ccc(S(=O)(=O)N2CCn3c(nnc3C(F)(F)F)C2C)cc1OC. The third-order valence-electron chi connectivity index (χ3n) is 4.34. The summed E-state index contributed by atoms with van der Waals surface area (Å²) in [5, 5.41) is 6.75. The lowest BCUT2D eigenvalue weighted by atomic mass is 10.2. The van der Waals surface area contributed by atoms with Gasteiger partial charge in [-0.2, -0.15) is 17.5 Å². The monoisotopic (exact) mass is 406 g/mol. The molecule has 0 saturated carbocycles. The Morgan fingerprint density at radius 2 is 1.78 bits per heavy atom. The Balaban J connectivity index is 1.99. The highest BCUT2D eigenvalue weighted by Crippen LogP contribution is 2.36. The molecule has 0 aliphatic carbocycles. The molecule has 27 heavy (non-hydrogen) atoms. The number of halogens is 3. The molecule has 148 valence electrons. The number of alkyl halides is 3. The predicted molar refractivity (Wildman–Crippen MR) is 86.9 cm³/mol. The molecule has 0 radical (unpaired) electrons. The summed E-state index contributed by atoms with van der Waals surface area (Å²) in [6.45, 7) is 1.12. The molecule has 1 aliphatic heterocycles. The summed E-state index contributed by atoms with van der Waals surface area (Å²) < 4.78 is 77.3. The van der Waals surface area contributed by atoms with E-state index in [1.54, 1.807) is 0 Å². The van der Waals surface area contributed by atoms with Gasteiger partial charge in [0.25, 0.3) is 0 Å². The van der Waals surface area contributed by atoms with Crippen molar-refractivity contribution in [1.29, 1.82) is 0 Å². The summed E-state index contributed by atoms with van der Waals surface area (Å²) in [6, 6.07) is 3.19. The van der Waals surface area contributed by atoms with Crippen LogP contribution in [-0.4, -0.2) is 48.3 Å². The highest BCUT2D eigenvalue weighted by atomic mass is 32.2. The van der Waals surface area contributed by atoms with E-state index in [4.69, 9.17) is 9.47 Å². The standard InChI is InChI=1S/C15H17F3N4O4S/c1-9-13-19-20-14(15(16,17)18)21(13)6-7-22(9)27(23,24)10-4-5-11(25-2)12(8-10)26-3/h4-5,8-9H,6-7H2,1-3H3. The largest absolute Gasteiger partial charge is 0.493 e. The molecule has 0 saturated heterocycles. The van der Waals surface area contributed by atoms with Gasteiger partial charge in [0.15, 0.2) is 17.3 Å². The van der Waals surface area contributed by atoms with E-state index >= 15 is 0 Å². The first-order chi connectivity index (χ1) is 12.6. The number of rotatable bonds is 4. The second-order valence-electron chi connectivity index (χ2n) is 5.84. The van der Waals surface area contributed by atoms with Crippen molar-refractivity contribution in [3.63, 3.8) is 0 Å². The van der Waals surface area contributed by atoms with Crippen LogP contribution >= 0.6 is 0 Å². The molecular weight excluding hydrogens is 389 g/mol. The van der Waals surface area contributed by atoms with E-state index in [0.29, 0.717) is 5.75 Å². The lowest BCUT2D eigenvalue weighted by Crippen LogP contribution is -2.41. The highest BCUT2D eigenvalue weighted by molar-refractivity contribution is 7.89. The molecule has 1 aromatic heterocycles. The number of methoxy groups -OCH3 is 2. The zero-order valence-corrected chi connectivity index (χ0v) is 15.5. The van der Waals surface area contributed by atoms with Gasteiger partial charge in [0, 0.05) is 19.2 Å². The normalized spacial score (nSPS) is 18.2. The number of fused-ring (bicyclic) bond motifs is 1. The van der Waals surface area contributed by atoms with Crippen LogP contribution in [0.2, 0.25) is 0 Å². The lowest BCUT2D eigenvalue weighted by Gasteiger charge is -2.32. The van der Waals surface area contributed by atoms with E-state index in [1.165, 1.54) is 39.3 Å². The molecule has 1 aliphatic rings. The molecule has 0 bridgehead atoms. The summed E-state index contributed by atoms with van der Waals surface area (Å²) in [5.74, 6) is -0.603. The van der Waals surface area contributed by atoms with Crippen LogP contribution in [0, 0.1) is 0 Å². The number of benzene rings is 1. The Labute approximate surface area is 153 Å². The van der Waals surface area contributed by atoms with Crippen LogP contribution in [0.25, 0.3) is 0 Å². The fourth-order valence-corrected chi connectivity index (χ4v) is 4.62. The minimum absolute atomic E-state index is 0.0578. The van der Waals surface area contributed by atoms with Crippen LogP contribution in [-0.2, 0) is 22.7 Å². The van der Waals surface area contributed by atoms with Gasteiger partial charge < -0.3 is 14.0 Å². The summed E-state index contributed by atoms with van der Waals surface area (Å²) >= 11 is 0. The van der Waals surface area contributed by atoms with E-state index in [0.717, 1.165) is 8.87 Å². The van der Waals surface area contributed by atoms with Crippen molar-refractivity contribution in [2.24, 2.45) is 0 Å². The van der Waals surface area contributed by atoms with Crippen LogP contribution in [0.4, 0.5) is 13.2 Å². The van der Waals surface area contributed by atoms with Gasteiger partial charge in [-0.15, -0.1) is 10.2 Å². The van der Waals surface area contributed by atoms with Gasteiger partial charge in [-0.25, -0.2) is 8.42 Å². The molecule has 8 nitrogen and oxygen atoms in total. The van der Waals surface area contributed by atoms with E-state index < -0.39 is 28.1 Å². The fraction of sp³-hybridized carbons (Fsp3) is 0.467. The molecule has 0 amide bonds. The second kappa shape index (κ2) is 6.68. The number of sulfonamides is 1. The molecule has 1 unspecified atom stereocenters. The van der Waals surface area contributed by atoms with Crippen molar-refractivity contribution >= 4 is 10.0 Å². The minimum Gasteiger partial charge on any atom is -0.493 e. The average Bonchev–Trinajstić information content (AvgIpc) is 3.06. The fourth-order valence-electron chi connectivity index (χ4n) is 3.02. The average molecular weight is 406 g/mol. The molecule has 2 heterocycles. The van der Waals surface area contributed by atoms with Gasteiger partial charge in [0.05, 0.1) is 25.2 Å². The molecule has 2 aromatic rings. The van der Waals surface area contributed by atoms with Gasteiger partial charge in [-0.05, 0) is 19.1 Å². The highest BCUT2D eigenvalue weighted by Gasteiger charge is 2.43. The van der Waals surface area contributed by atoms with Crippen LogP contribution in [0.15, 0.2) is 23.1 Å². The van der Waals surface area contributed by atoms with E-state index in [1.807, 2.05) is 0 Å². The maximum Gasteiger partial charge on any atom is 0.451 e. The Hall–Kier alpha value is -2.34. The topological polar surface area (TPSA) is 86.6 Å². The summed E-state index contributed by atoms with van der Waals surface area (Å²) in [7, 11) is -1.21. The first-order valence-corrected chi connectivity index (χ1v) is 9.29. The summed E-state index contributed by atoms with van der Waals surface area (Å²) in [4.78, 5) is -0.0592. The van der Waals surface area contributed by atoms with E-state index in [2.05, 4.69) is 10.2 Å². The number of nitrogens with zero attached hydrogens (tertiary/aromatic N) is 4. The zero-order chi connectivity index (χ0) is 20.0. The zero-order valence-electron chi connectivity index (χ0n) is 14.7. The van der Waals surface area contributed by atoms with Crippen LogP contribution in [0.3, 0.4) is 0 Å². The third kappa shape index (κ3) is 3.23. The predicted octanol–water partition coefficient (Wildman–Crippen LogP) is 2.08. The van der Waals surface area contributed by atoms with Gasteiger partial charge in [-0.3, -0.25) is 0 Å². The van der Waals surface area contributed by atoms with Gasteiger partial charge in [0.1, 0.15) is 0 Å². The number of ether oxygens (including phenoxy) is 2. The van der Waals surface area contributed by atoms with Crippen molar-refractivity contribution in [3.8, 4) is 11.5 Å². The molecule has 0 N–H and O–H groups in total. The van der Waals surface area contributed by atoms with Gasteiger partial charge in [0.2, 0.25) is 15.8 Å². The number of hydrogen-bond acceptors (Lipinski definition) is 6. The maximum absolute atomic E-state index is 13.0. The first kappa shape index (κ1) is 19.4. The van der Waals surface area contributed by atoms with Crippen molar-refractivity contribution in [2.45, 2.75) is 30.6 Å². The van der Waals surface area contributed by atoms with Gasteiger partial charge >= 0.3 is 6.18 Å². The van der Waals surface area contributed by atoms with Crippen LogP contribution in [0.5, 0.6) is 11.5 Å². The summed E-state index contributed by atoms with van der Waals surface area (Å²) in [5.41, 5.74) is 0. The van der Waals surface area contributed by atoms with Crippen molar-refractivity contribution in [3.05, 3.63) is 29.8 Å². The Kier molecular flexibility index (Phi) is 4.80. The van der Waals surface area contributed by atoms with Crippen molar-refractivity contribution in [2.75, 3.05) is 20.8 Å². The molecule has 1 atom stereocenters. The number of hydrogen-bond donors (Lipinski definition) is 0. The van der Waals surface area contributed by atoms with Crippen LogP contribution < -0.4 is 9.47 Å². The van der Waals surface area contributed by atoms with Crippen molar-refractivity contribution < 1.29 is 31.1 Å². The molecular formula is C15H17F3N4O4S. The molecule has 1 aromatic carbocycles. The quantitative estimate of drug-likeness (QED) is 0.773. The van der Waals surface area contributed by atoms with Crippen LogP contribution in [0.1, 0.15) is 24.6 Å². The number of aromatic nitrogens is 3. The van der Waals surface area contributed by atoms with Gasteiger partial charge in [-0.1, -0.05) is 0 Å². The molecule has 12 heteroatoms. The Morgan fingerprint density at radius 1 is 1.11 bits per heavy atom. The Morgan fingerprint density at radius 3 is 2.37 bits per heavy atom.